The SMILES string of the molecule is COC(=O)C1CCCC(=O)N1Cc1ccncc1.O=C(O)C1CCCC(=O)N1Cc1ccncc1. The van der Waals surface area contributed by atoms with Gasteiger partial charge in [-0.25, -0.2) is 9.59 Å². The number of likely N-dealkylation sites (tertiary alicyclic amines) is 2. The monoisotopic (exact) mass is 482 g/mol. The highest BCUT2D eigenvalue weighted by atomic mass is 16.5. The average molecular weight is 483 g/mol. The number of rotatable bonds is 6. The number of nitrogens with zero attached hydrogens (tertiary/aromatic N) is 4. The van der Waals surface area contributed by atoms with Crippen LogP contribution in [0.15, 0.2) is 49.1 Å². The van der Waals surface area contributed by atoms with E-state index in [1.807, 2.05) is 12.1 Å². The van der Waals surface area contributed by atoms with Gasteiger partial charge in [0.05, 0.1) is 7.11 Å². The van der Waals surface area contributed by atoms with E-state index in [9.17, 15) is 19.2 Å². The Bertz CT molecular complexity index is 1020. The Morgan fingerprint density at radius 1 is 0.857 bits per heavy atom. The van der Waals surface area contributed by atoms with Gasteiger partial charge in [-0.05, 0) is 61.1 Å². The summed E-state index contributed by atoms with van der Waals surface area (Å²) in [6.45, 7) is 0.777. The van der Waals surface area contributed by atoms with Crippen molar-refractivity contribution in [1.29, 1.82) is 0 Å². The van der Waals surface area contributed by atoms with Gasteiger partial charge in [0.2, 0.25) is 11.8 Å². The molecule has 2 saturated heterocycles. The second kappa shape index (κ2) is 12.6. The first-order valence-corrected chi connectivity index (χ1v) is 11.6. The third kappa shape index (κ3) is 7.08. The number of piperidine rings is 2. The molecule has 2 aliphatic heterocycles. The normalized spacial score (nSPS) is 20.0. The number of hydrogen-bond donors (Lipinski definition) is 1. The van der Waals surface area contributed by atoms with E-state index < -0.39 is 18.1 Å². The van der Waals surface area contributed by atoms with Gasteiger partial charge < -0.3 is 19.6 Å². The summed E-state index contributed by atoms with van der Waals surface area (Å²) in [6.07, 6.45) is 10.2. The van der Waals surface area contributed by atoms with E-state index in [2.05, 4.69) is 9.97 Å². The highest BCUT2D eigenvalue weighted by Gasteiger charge is 2.34. The van der Waals surface area contributed by atoms with Crippen molar-refractivity contribution in [2.24, 2.45) is 0 Å². The molecule has 2 atom stereocenters. The van der Waals surface area contributed by atoms with Gasteiger partial charge in [-0.3, -0.25) is 19.6 Å². The van der Waals surface area contributed by atoms with Gasteiger partial charge in [0.15, 0.2) is 0 Å². The number of carbonyl (C=O) groups excluding carboxylic acids is 3. The predicted molar refractivity (Wildman–Crippen MR) is 125 cm³/mol. The second-order valence-electron chi connectivity index (χ2n) is 8.43. The number of aliphatic carboxylic acids is 1. The number of carboxylic acids is 1. The molecule has 2 amide bonds. The van der Waals surface area contributed by atoms with Crippen molar-refractivity contribution in [2.45, 2.75) is 63.7 Å². The molecule has 2 unspecified atom stereocenters. The van der Waals surface area contributed by atoms with Gasteiger partial charge in [-0.2, -0.15) is 0 Å². The molecule has 4 heterocycles. The van der Waals surface area contributed by atoms with Crippen LogP contribution in [0.2, 0.25) is 0 Å². The number of esters is 1. The van der Waals surface area contributed by atoms with Gasteiger partial charge in [-0.1, -0.05) is 0 Å². The standard InChI is InChI=1S/C13H16N2O3.C12H14N2O3/c1-18-13(17)11-3-2-4-12(16)15(11)9-10-5-7-14-8-6-10;15-11-3-1-2-10(12(16)17)14(11)8-9-4-6-13-7-5-9/h5-8,11H,2-4,9H2,1H3;4-7,10H,1-3,8H2,(H,16,17). The van der Waals surface area contributed by atoms with Crippen LogP contribution in [-0.2, 0) is 37.0 Å². The lowest BCUT2D eigenvalue weighted by molar-refractivity contribution is -0.156. The van der Waals surface area contributed by atoms with Crippen LogP contribution < -0.4 is 0 Å². The lowest BCUT2D eigenvalue weighted by Crippen LogP contribution is -2.47. The Labute approximate surface area is 203 Å². The summed E-state index contributed by atoms with van der Waals surface area (Å²) >= 11 is 0. The fraction of sp³-hybridized carbons (Fsp3) is 0.440. The maximum absolute atomic E-state index is 11.9. The third-order valence-electron chi connectivity index (χ3n) is 6.09. The molecule has 2 fully saturated rings. The first kappa shape index (κ1) is 25.8. The van der Waals surface area contributed by atoms with E-state index in [1.54, 1.807) is 41.8 Å². The van der Waals surface area contributed by atoms with Crippen LogP contribution in [0, 0.1) is 0 Å². The van der Waals surface area contributed by atoms with Crippen molar-refractivity contribution in [3.63, 3.8) is 0 Å². The van der Waals surface area contributed by atoms with Crippen LogP contribution in [0.5, 0.6) is 0 Å². The fourth-order valence-corrected chi connectivity index (χ4v) is 4.24. The van der Waals surface area contributed by atoms with E-state index in [0.717, 1.165) is 17.5 Å². The Hall–Kier alpha value is -3.82. The minimum Gasteiger partial charge on any atom is -0.480 e. The largest absolute Gasteiger partial charge is 0.480 e. The second-order valence-corrected chi connectivity index (χ2v) is 8.43. The van der Waals surface area contributed by atoms with E-state index in [0.29, 0.717) is 45.2 Å². The van der Waals surface area contributed by atoms with Crippen LogP contribution in [0.1, 0.15) is 49.7 Å². The molecule has 0 spiro atoms. The molecular formula is C25H30N4O6. The molecule has 10 nitrogen and oxygen atoms in total. The molecule has 10 heteroatoms. The number of pyridine rings is 2. The van der Waals surface area contributed by atoms with E-state index in [4.69, 9.17) is 9.84 Å². The zero-order valence-corrected chi connectivity index (χ0v) is 19.7. The van der Waals surface area contributed by atoms with Crippen molar-refractivity contribution in [2.75, 3.05) is 7.11 Å². The molecule has 0 aromatic carbocycles. The molecule has 4 rings (SSSR count). The highest BCUT2D eigenvalue weighted by Crippen LogP contribution is 2.22. The van der Waals surface area contributed by atoms with Crippen molar-refractivity contribution in [1.82, 2.24) is 19.8 Å². The number of ether oxygens (including phenoxy) is 1. The molecular weight excluding hydrogens is 452 g/mol. The summed E-state index contributed by atoms with van der Waals surface area (Å²) in [6, 6.07) is 6.13. The Balaban J connectivity index is 0.000000196. The Morgan fingerprint density at radius 2 is 1.29 bits per heavy atom. The zero-order chi connectivity index (χ0) is 25.2. The minimum atomic E-state index is -0.924. The predicted octanol–water partition coefficient (Wildman–Crippen LogP) is 2.18. The van der Waals surface area contributed by atoms with Crippen molar-refractivity contribution in [3.8, 4) is 0 Å². The van der Waals surface area contributed by atoms with Crippen LogP contribution in [0.25, 0.3) is 0 Å². The molecule has 0 bridgehead atoms. The van der Waals surface area contributed by atoms with Crippen LogP contribution >= 0.6 is 0 Å². The zero-order valence-electron chi connectivity index (χ0n) is 19.7. The molecule has 2 aromatic heterocycles. The summed E-state index contributed by atoms with van der Waals surface area (Å²) in [5.74, 6) is -1.34. The topological polar surface area (TPSA) is 130 Å². The summed E-state index contributed by atoms with van der Waals surface area (Å²) in [4.78, 5) is 57.3. The Morgan fingerprint density at radius 3 is 1.71 bits per heavy atom. The number of carbonyl (C=O) groups is 4. The van der Waals surface area contributed by atoms with Crippen molar-refractivity contribution >= 4 is 23.8 Å². The summed E-state index contributed by atoms with van der Waals surface area (Å²) < 4.78 is 4.76. The van der Waals surface area contributed by atoms with Crippen molar-refractivity contribution in [3.05, 3.63) is 60.2 Å². The quantitative estimate of drug-likeness (QED) is 0.620. The van der Waals surface area contributed by atoms with Gasteiger partial charge in [0.25, 0.3) is 0 Å². The summed E-state index contributed by atoms with van der Waals surface area (Å²) in [5, 5.41) is 9.10. The van der Waals surface area contributed by atoms with Crippen molar-refractivity contribution < 1.29 is 29.0 Å². The number of carboxylic acid groups (broad SMARTS) is 1. The first-order valence-electron chi connectivity index (χ1n) is 11.6. The lowest BCUT2D eigenvalue weighted by atomic mass is 10.0. The van der Waals surface area contributed by atoms with Gasteiger partial charge in [0, 0.05) is 50.7 Å². The maximum Gasteiger partial charge on any atom is 0.328 e. The molecule has 2 aliphatic rings. The van der Waals surface area contributed by atoms with E-state index in [1.165, 1.54) is 12.0 Å². The summed E-state index contributed by atoms with van der Waals surface area (Å²) in [5.41, 5.74) is 1.87. The minimum absolute atomic E-state index is 0.00784. The Kier molecular flexibility index (Phi) is 9.28. The lowest BCUT2D eigenvalue weighted by Gasteiger charge is -2.33. The third-order valence-corrected chi connectivity index (χ3v) is 6.09. The van der Waals surface area contributed by atoms with Gasteiger partial charge in [-0.15, -0.1) is 0 Å². The highest BCUT2D eigenvalue weighted by molar-refractivity contribution is 5.86. The smallest absolute Gasteiger partial charge is 0.328 e. The average Bonchev–Trinajstić information content (AvgIpc) is 2.87. The van der Waals surface area contributed by atoms with Crippen LogP contribution in [0.4, 0.5) is 0 Å². The molecule has 2 aromatic rings. The van der Waals surface area contributed by atoms with Crippen LogP contribution in [-0.4, -0.2) is 67.8 Å². The number of hydrogen-bond acceptors (Lipinski definition) is 7. The van der Waals surface area contributed by atoms with Crippen LogP contribution in [0.3, 0.4) is 0 Å². The van der Waals surface area contributed by atoms with Gasteiger partial charge in [0.1, 0.15) is 12.1 Å². The number of aromatic nitrogens is 2. The maximum atomic E-state index is 11.9. The van der Waals surface area contributed by atoms with Gasteiger partial charge >= 0.3 is 11.9 Å². The summed E-state index contributed by atoms with van der Waals surface area (Å²) in [7, 11) is 1.35. The molecule has 186 valence electrons. The molecule has 0 radical (unpaired) electrons. The number of methoxy groups -OCH3 is 1. The molecule has 0 saturated carbocycles. The van der Waals surface area contributed by atoms with E-state index >= 15 is 0 Å². The molecule has 35 heavy (non-hydrogen) atoms. The fourth-order valence-electron chi connectivity index (χ4n) is 4.24. The van der Waals surface area contributed by atoms with E-state index in [-0.39, 0.29) is 17.8 Å². The molecule has 1 N–H and O–H groups in total. The number of amides is 2. The first-order chi connectivity index (χ1) is 16.9. The molecule has 0 aliphatic carbocycles.